The van der Waals surface area contributed by atoms with Crippen molar-refractivity contribution >= 4 is 11.9 Å². The van der Waals surface area contributed by atoms with E-state index in [0.29, 0.717) is 26.2 Å². The van der Waals surface area contributed by atoms with Gasteiger partial charge in [-0.1, -0.05) is 0 Å². The van der Waals surface area contributed by atoms with Crippen molar-refractivity contribution in [2.45, 2.75) is 19.4 Å². The van der Waals surface area contributed by atoms with Gasteiger partial charge in [0.25, 0.3) is 0 Å². The molecule has 1 N–H and O–H groups in total. The maximum atomic E-state index is 12.0. The molecule has 0 saturated heterocycles. The zero-order valence-electron chi connectivity index (χ0n) is 10.2. The van der Waals surface area contributed by atoms with Crippen LogP contribution in [0.2, 0.25) is 0 Å². The van der Waals surface area contributed by atoms with E-state index in [-0.39, 0.29) is 24.5 Å². The first-order valence-electron chi connectivity index (χ1n) is 5.71. The number of methoxy groups -OCH3 is 1. The van der Waals surface area contributed by atoms with Crippen LogP contribution in [0.15, 0.2) is 0 Å². The fourth-order valence-electron chi connectivity index (χ4n) is 1.70. The Morgan fingerprint density at radius 2 is 2.18 bits per heavy atom. The Hall–Kier alpha value is -1.14. The van der Waals surface area contributed by atoms with Gasteiger partial charge in [0.2, 0.25) is 5.91 Å². The summed E-state index contributed by atoms with van der Waals surface area (Å²) in [6.45, 7) is 2.81. The summed E-state index contributed by atoms with van der Waals surface area (Å²) in [7, 11) is 1.52. The minimum atomic E-state index is -1.01. The summed E-state index contributed by atoms with van der Waals surface area (Å²) in [5.41, 5.74) is 0. The Balaban J connectivity index is 2.45. The van der Waals surface area contributed by atoms with Crippen molar-refractivity contribution < 1.29 is 24.2 Å². The van der Waals surface area contributed by atoms with Gasteiger partial charge in [-0.15, -0.1) is 0 Å². The molecule has 98 valence electrons. The van der Waals surface area contributed by atoms with Crippen LogP contribution >= 0.6 is 0 Å². The number of amides is 1. The highest BCUT2D eigenvalue weighted by Gasteiger charge is 2.46. The summed E-state index contributed by atoms with van der Waals surface area (Å²) in [6, 6.07) is 0. The van der Waals surface area contributed by atoms with Gasteiger partial charge in [0, 0.05) is 20.3 Å². The molecule has 17 heavy (non-hydrogen) atoms. The van der Waals surface area contributed by atoms with Crippen molar-refractivity contribution in [1.29, 1.82) is 0 Å². The Kier molecular flexibility index (Phi) is 5.37. The van der Waals surface area contributed by atoms with E-state index in [9.17, 15) is 9.59 Å². The molecule has 1 saturated carbocycles. The van der Waals surface area contributed by atoms with Crippen LogP contribution in [0.1, 0.15) is 13.3 Å². The van der Waals surface area contributed by atoms with Crippen molar-refractivity contribution in [3.8, 4) is 0 Å². The number of carbonyl (C=O) groups excluding carboxylic acids is 1. The van der Waals surface area contributed by atoms with Gasteiger partial charge in [0.05, 0.1) is 18.6 Å². The summed E-state index contributed by atoms with van der Waals surface area (Å²) in [4.78, 5) is 23.9. The number of rotatable bonds is 8. The molecule has 1 fully saturated rings. The van der Waals surface area contributed by atoms with Gasteiger partial charge in [0.1, 0.15) is 6.54 Å². The molecule has 0 aromatic heterocycles. The molecule has 1 amide bonds. The van der Waals surface area contributed by atoms with Gasteiger partial charge in [-0.2, -0.15) is 0 Å². The van der Waals surface area contributed by atoms with Crippen molar-refractivity contribution in [3.63, 3.8) is 0 Å². The first kappa shape index (κ1) is 13.9. The van der Waals surface area contributed by atoms with Gasteiger partial charge in [-0.3, -0.25) is 9.59 Å². The van der Waals surface area contributed by atoms with Crippen LogP contribution in [0.3, 0.4) is 0 Å². The number of nitrogens with zero attached hydrogens (tertiary/aromatic N) is 1. The van der Waals surface area contributed by atoms with Crippen LogP contribution < -0.4 is 0 Å². The van der Waals surface area contributed by atoms with Crippen LogP contribution in [0.25, 0.3) is 0 Å². The second-order valence-corrected chi connectivity index (χ2v) is 3.98. The lowest BCUT2D eigenvalue weighted by molar-refractivity contribution is -0.145. The fourth-order valence-corrected chi connectivity index (χ4v) is 1.70. The lowest BCUT2D eigenvalue weighted by Gasteiger charge is -2.20. The third kappa shape index (κ3) is 4.32. The number of carboxylic acid groups (broad SMARTS) is 1. The van der Waals surface area contributed by atoms with E-state index in [2.05, 4.69) is 0 Å². The van der Waals surface area contributed by atoms with E-state index in [1.165, 1.54) is 12.0 Å². The molecule has 0 aromatic carbocycles. The van der Waals surface area contributed by atoms with Crippen LogP contribution in [0, 0.1) is 5.92 Å². The number of carbonyl (C=O) groups is 2. The van der Waals surface area contributed by atoms with Gasteiger partial charge >= 0.3 is 5.97 Å². The first-order valence-corrected chi connectivity index (χ1v) is 5.71. The summed E-state index contributed by atoms with van der Waals surface area (Å²) < 4.78 is 10.2. The van der Waals surface area contributed by atoms with E-state index in [1.54, 1.807) is 0 Å². The van der Waals surface area contributed by atoms with E-state index in [4.69, 9.17) is 14.6 Å². The van der Waals surface area contributed by atoms with Crippen molar-refractivity contribution in [1.82, 2.24) is 4.90 Å². The minimum Gasteiger partial charge on any atom is -0.480 e. The molecule has 0 spiro atoms. The van der Waals surface area contributed by atoms with Gasteiger partial charge in [-0.05, 0) is 13.3 Å². The molecule has 6 heteroatoms. The third-order valence-electron chi connectivity index (χ3n) is 2.63. The van der Waals surface area contributed by atoms with Gasteiger partial charge in [0.15, 0.2) is 0 Å². The van der Waals surface area contributed by atoms with Crippen molar-refractivity contribution in [2.75, 3.05) is 33.4 Å². The largest absolute Gasteiger partial charge is 0.480 e. The molecule has 1 rings (SSSR count). The normalized spacial score (nSPS) is 22.2. The molecule has 6 nitrogen and oxygen atoms in total. The topological polar surface area (TPSA) is 76.1 Å². The highest BCUT2D eigenvalue weighted by molar-refractivity contribution is 5.85. The molecule has 0 aromatic rings. The quantitative estimate of drug-likeness (QED) is 0.650. The van der Waals surface area contributed by atoms with E-state index in [1.807, 2.05) is 6.92 Å². The number of aliphatic carboxylic acids is 1. The predicted octanol–water partition coefficient (Wildman–Crippen LogP) is -0.0290. The molecule has 1 aliphatic rings. The molecular weight excluding hydrogens is 226 g/mol. The number of carboxylic acids is 1. The van der Waals surface area contributed by atoms with Gasteiger partial charge in [-0.25, -0.2) is 0 Å². The summed E-state index contributed by atoms with van der Waals surface area (Å²) in [6.07, 6.45) is 0.654. The average molecular weight is 245 g/mol. The molecule has 0 bridgehead atoms. The Bertz CT molecular complexity index is 281. The first-order chi connectivity index (χ1) is 8.10. The van der Waals surface area contributed by atoms with Gasteiger partial charge < -0.3 is 19.5 Å². The number of hydrogen-bond donors (Lipinski definition) is 1. The second kappa shape index (κ2) is 6.56. The zero-order valence-corrected chi connectivity index (χ0v) is 10.2. The second-order valence-electron chi connectivity index (χ2n) is 3.98. The average Bonchev–Trinajstić information content (AvgIpc) is 3.02. The Morgan fingerprint density at radius 3 is 2.71 bits per heavy atom. The summed E-state index contributed by atoms with van der Waals surface area (Å²) in [5, 5.41) is 8.74. The Labute approximate surface area is 100 Å². The van der Waals surface area contributed by atoms with Crippen molar-refractivity contribution in [2.24, 2.45) is 5.92 Å². The highest BCUT2D eigenvalue weighted by atomic mass is 16.5. The highest BCUT2D eigenvalue weighted by Crippen LogP contribution is 2.35. The molecular formula is C11H19NO5. The van der Waals surface area contributed by atoms with Crippen LogP contribution in [0.5, 0.6) is 0 Å². The molecule has 0 heterocycles. The van der Waals surface area contributed by atoms with E-state index >= 15 is 0 Å². The zero-order chi connectivity index (χ0) is 12.8. The molecule has 1 aliphatic carbocycles. The summed E-state index contributed by atoms with van der Waals surface area (Å²) >= 11 is 0. The maximum absolute atomic E-state index is 12.0. The lowest BCUT2D eigenvalue weighted by Crippen LogP contribution is -2.39. The van der Waals surface area contributed by atoms with Crippen LogP contribution in [0.4, 0.5) is 0 Å². The smallest absolute Gasteiger partial charge is 0.323 e. The minimum absolute atomic E-state index is 0.0358. The number of ether oxygens (including phenoxy) is 2. The van der Waals surface area contributed by atoms with E-state index in [0.717, 1.165) is 0 Å². The standard InChI is InChI=1S/C11H19NO5/c1-3-17-9-6-8(9)11(15)12(4-5-16-2)7-10(13)14/h8-9H,3-7H2,1-2H3,(H,13,14)/t8-,9+/m1/s1. The monoisotopic (exact) mass is 245 g/mol. The Morgan fingerprint density at radius 1 is 1.47 bits per heavy atom. The van der Waals surface area contributed by atoms with E-state index < -0.39 is 5.97 Å². The SMILES string of the molecule is CCO[C@H]1C[C@H]1C(=O)N(CCOC)CC(=O)O. The predicted molar refractivity (Wildman–Crippen MR) is 59.6 cm³/mol. The number of hydrogen-bond acceptors (Lipinski definition) is 4. The molecule has 0 aliphatic heterocycles. The maximum Gasteiger partial charge on any atom is 0.323 e. The van der Waals surface area contributed by atoms with Crippen LogP contribution in [-0.2, 0) is 19.1 Å². The summed E-state index contributed by atoms with van der Waals surface area (Å²) in [5.74, 6) is -1.34. The van der Waals surface area contributed by atoms with Crippen LogP contribution in [-0.4, -0.2) is 61.4 Å². The lowest BCUT2D eigenvalue weighted by atomic mass is 10.3. The van der Waals surface area contributed by atoms with Crippen molar-refractivity contribution in [3.05, 3.63) is 0 Å². The molecule has 0 unspecified atom stereocenters. The fraction of sp³-hybridized carbons (Fsp3) is 0.818. The third-order valence-corrected chi connectivity index (χ3v) is 2.63. The molecule has 2 atom stereocenters. The molecule has 0 radical (unpaired) electrons.